The Hall–Kier alpha value is -2.06. The summed E-state index contributed by atoms with van der Waals surface area (Å²) in [6.45, 7) is 12.3. The standard InChI is InChI=1S/C28H42ClF2N5/c1-7-22(3)35(14-13-32-4)15-16-36(26-10-8-9-24(29)18-26)20-25-12-11-23(19-33-25)27(34(5)6)17-21(2)28(30)31/h8-12,18-19,22,27-28,32H,2,7,13-17,20H2,1,3-6H3. The lowest BCUT2D eigenvalue weighted by atomic mass is 10.00. The third-order valence-electron chi connectivity index (χ3n) is 6.67. The number of likely N-dealkylation sites (N-methyl/N-ethyl adjacent to an activating group) is 1. The molecule has 1 heterocycles. The number of pyridine rings is 1. The van der Waals surface area contributed by atoms with Crippen molar-refractivity contribution in [1.29, 1.82) is 0 Å². The van der Waals surface area contributed by atoms with Crippen molar-refractivity contribution in [2.75, 3.05) is 52.2 Å². The van der Waals surface area contributed by atoms with Crippen molar-refractivity contribution < 1.29 is 8.78 Å². The van der Waals surface area contributed by atoms with Gasteiger partial charge in [-0.05, 0) is 76.3 Å². The summed E-state index contributed by atoms with van der Waals surface area (Å²) in [5.74, 6) is 0. The van der Waals surface area contributed by atoms with Gasteiger partial charge < -0.3 is 15.1 Å². The molecule has 1 aromatic heterocycles. The molecule has 0 aliphatic heterocycles. The van der Waals surface area contributed by atoms with Crippen LogP contribution < -0.4 is 10.2 Å². The normalized spacial score (nSPS) is 13.4. The van der Waals surface area contributed by atoms with Gasteiger partial charge in [0.15, 0.2) is 0 Å². The van der Waals surface area contributed by atoms with Gasteiger partial charge in [-0.1, -0.05) is 37.2 Å². The number of hydrogen-bond donors (Lipinski definition) is 1. The highest BCUT2D eigenvalue weighted by Crippen LogP contribution is 2.28. The second-order valence-corrected chi connectivity index (χ2v) is 9.96. The molecular weight excluding hydrogens is 480 g/mol. The predicted molar refractivity (Wildman–Crippen MR) is 148 cm³/mol. The summed E-state index contributed by atoms with van der Waals surface area (Å²) in [5.41, 5.74) is 2.80. The van der Waals surface area contributed by atoms with Crippen molar-refractivity contribution in [3.63, 3.8) is 0 Å². The van der Waals surface area contributed by atoms with Gasteiger partial charge in [-0.25, -0.2) is 8.78 Å². The highest BCUT2D eigenvalue weighted by atomic mass is 35.5. The lowest BCUT2D eigenvalue weighted by Crippen LogP contribution is -2.42. The molecular formula is C28H42ClF2N5. The summed E-state index contributed by atoms with van der Waals surface area (Å²) < 4.78 is 26.2. The topological polar surface area (TPSA) is 34.6 Å². The van der Waals surface area contributed by atoms with Crippen LogP contribution in [0.4, 0.5) is 14.5 Å². The van der Waals surface area contributed by atoms with E-state index in [0.717, 1.165) is 49.5 Å². The Balaban J connectivity index is 2.21. The first kappa shape index (κ1) is 30.2. The van der Waals surface area contributed by atoms with Gasteiger partial charge in [0.1, 0.15) is 0 Å². The number of benzene rings is 1. The fourth-order valence-electron chi connectivity index (χ4n) is 4.15. The van der Waals surface area contributed by atoms with E-state index in [0.29, 0.717) is 17.6 Å². The van der Waals surface area contributed by atoms with Crippen molar-refractivity contribution >= 4 is 17.3 Å². The number of aromatic nitrogens is 1. The quantitative estimate of drug-likeness (QED) is 0.279. The second-order valence-electron chi connectivity index (χ2n) is 9.52. The molecule has 8 heteroatoms. The van der Waals surface area contributed by atoms with E-state index >= 15 is 0 Å². The number of nitrogens with one attached hydrogen (secondary N) is 1. The number of nitrogens with zero attached hydrogens (tertiary/aromatic N) is 4. The van der Waals surface area contributed by atoms with Crippen molar-refractivity contribution in [3.05, 3.63) is 71.0 Å². The van der Waals surface area contributed by atoms with Crippen molar-refractivity contribution in [1.82, 2.24) is 20.1 Å². The minimum atomic E-state index is -2.52. The fraction of sp³-hybridized carbons (Fsp3) is 0.536. The van der Waals surface area contributed by atoms with E-state index < -0.39 is 6.43 Å². The Morgan fingerprint density at radius 1 is 1.14 bits per heavy atom. The molecule has 200 valence electrons. The summed E-state index contributed by atoms with van der Waals surface area (Å²) in [6, 6.07) is 12.2. The third kappa shape index (κ3) is 9.43. The molecule has 0 spiro atoms. The van der Waals surface area contributed by atoms with Crippen LogP contribution in [0.2, 0.25) is 5.02 Å². The van der Waals surface area contributed by atoms with E-state index in [-0.39, 0.29) is 18.0 Å². The fourth-order valence-corrected chi connectivity index (χ4v) is 4.33. The molecule has 2 unspecified atom stereocenters. The zero-order valence-electron chi connectivity index (χ0n) is 22.4. The summed E-state index contributed by atoms with van der Waals surface area (Å²) in [6.07, 6.45) is 0.565. The van der Waals surface area contributed by atoms with Crippen LogP contribution in [-0.4, -0.2) is 74.6 Å². The molecule has 0 bridgehead atoms. The maximum Gasteiger partial charge on any atom is 0.259 e. The Morgan fingerprint density at radius 3 is 2.44 bits per heavy atom. The summed E-state index contributed by atoms with van der Waals surface area (Å²) in [4.78, 5) is 11.4. The minimum absolute atomic E-state index is 0.0611. The largest absolute Gasteiger partial charge is 0.364 e. The van der Waals surface area contributed by atoms with Crippen molar-refractivity contribution in [2.24, 2.45) is 0 Å². The first-order valence-corrected chi connectivity index (χ1v) is 13.0. The Bertz CT molecular complexity index is 922. The maximum atomic E-state index is 13.1. The molecule has 1 aromatic carbocycles. The van der Waals surface area contributed by atoms with Gasteiger partial charge in [0.25, 0.3) is 6.43 Å². The first-order valence-electron chi connectivity index (χ1n) is 12.6. The van der Waals surface area contributed by atoms with Crippen molar-refractivity contribution in [3.8, 4) is 0 Å². The lowest BCUT2D eigenvalue weighted by Gasteiger charge is -2.32. The van der Waals surface area contributed by atoms with Crippen LogP contribution in [-0.2, 0) is 6.54 Å². The van der Waals surface area contributed by atoms with Crippen LogP contribution in [0.15, 0.2) is 54.7 Å². The highest BCUT2D eigenvalue weighted by molar-refractivity contribution is 6.30. The molecule has 0 saturated heterocycles. The molecule has 0 amide bonds. The summed E-state index contributed by atoms with van der Waals surface area (Å²) >= 11 is 6.32. The van der Waals surface area contributed by atoms with E-state index in [4.69, 9.17) is 16.6 Å². The third-order valence-corrected chi connectivity index (χ3v) is 6.90. The average Bonchev–Trinajstić information content (AvgIpc) is 2.86. The molecule has 1 N–H and O–H groups in total. The molecule has 0 fully saturated rings. The molecule has 0 aliphatic rings. The first-order chi connectivity index (χ1) is 17.2. The zero-order valence-corrected chi connectivity index (χ0v) is 23.1. The predicted octanol–water partition coefficient (Wildman–Crippen LogP) is 5.88. The highest BCUT2D eigenvalue weighted by Gasteiger charge is 2.20. The number of anilines is 1. The van der Waals surface area contributed by atoms with Crippen LogP contribution in [0, 0.1) is 0 Å². The molecule has 2 rings (SSSR count). The van der Waals surface area contributed by atoms with E-state index in [9.17, 15) is 8.78 Å². The summed E-state index contributed by atoms with van der Waals surface area (Å²) in [7, 11) is 5.75. The summed E-state index contributed by atoms with van der Waals surface area (Å²) in [5, 5.41) is 3.95. The van der Waals surface area contributed by atoms with Gasteiger partial charge in [0.2, 0.25) is 0 Å². The van der Waals surface area contributed by atoms with Crippen molar-refractivity contribution in [2.45, 2.75) is 51.7 Å². The van der Waals surface area contributed by atoms with E-state index in [1.807, 2.05) is 56.4 Å². The average molecular weight is 522 g/mol. The molecule has 0 radical (unpaired) electrons. The molecule has 0 aliphatic carbocycles. The van der Waals surface area contributed by atoms with E-state index in [1.165, 1.54) is 0 Å². The van der Waals surface area contributed by atoms with Gasteiger partial charge in [0.05, 0.1) is 12.2 Å². The van der Waals surface area contributed by atoms with Crippen LogP contribution in [0.3, 0.4) is 0 Å². The maximum absolute atomic E-state index is 13.1. The van der Waals surface area contributed by atoms with Crippen LogP contribution in [0.1, 0.15) is 44.0 Å². The van der Waals surface area contributed by atoms with E-state index in [2.05, 4.69) is 41.6 Å². The number of hydrogen-bond acceptors (Lipinski definition) is 5. The second kappa shape index (κ2) is 15.3. The van der Waals surface area contributed by atoms with Gasteiger partial charge >= 0.3 is 0 Å². The molecule has 2 aromatic rings. The monoisotopic (exact) mass is 521 g/mol. The van der Waals surface area contributed by atoms with Gasteiger partial charge in [-0.3, -0.25) is 9.88 Å². The van der Waals surface area contributed by atoms with Gasteiger partial charge in [-0.15, -0.1) is 0 Å². The molecule has 2 atom stereocenters. The zero-order chi connectivity index (χ0) is 26.7. The molecule has 36 heavy (non-hydrogen) atoms. The minimum Gasteiger partial charge on any atom is -0.364 e. The van der Waals surface area contributed by atoms with Crippen LogP contribution in [0.25, 0.3) is 0 Å². The Kier molecular flexibility index (Phi) is 12.8. The Labute approximate surface area is 221 Å². The number of alkyl halides is 2. The van der Waals surface area contributed by atoms with Crippen LogP contribution >= 0.6 is 11.6 Å². The SMILES string of the molecule is C=C(CC(c1ccc(CN(CCN(CCNC)C(C)CC)c2cccc(Cl)c2)nc1)N(C)C)C(F)F. The van der Waals surface area contributed by atoms with Crippen LogP contribution in [0.5, 0.6) is 0 Å². The van der Waals surface area contributed by atoms with Gasteiger partial charge in [-0.2, -0.15) is 0 Å². The number of rotatable bonds is 16. The molecule has 0 saturated carbocycles. The van der Waals surface area contributed by atoms with Gasteiger partial charge in [0, 0.05) is 55.2 Å². The lowest BCUT2D eigenvalue weighted by molar-refractivity contribution is 0.175. The number of halogens is 3. The molecule has 5 nitrogen and oxygen atoms in total. The van der Waals surface area contributed by atoms with E-state index in [1.54, 1.807) is 6.20 Å². The smallest absolute Gasteiger partial charge is 0.259 e. The Morgan fingerprint density at radius 2 is 1.89 bits per heavy atom.